The standard InChI is InChI=1S/C13H16INO2/c1-17-13(7-2-8-13)9-12(16)15-11-5-3-10(14)4-6-11/h3-6H,2,7-9H2,1H3,(H,15,16). The van der Waals surface area contributed by atoms with E-state index in [2.05, 4.69) is 27.9 Å². The van der Waals surface area contributed by atoms with Crippen molar-refractivity contribution in [3.63, 3.8) is 0 Å². The zero-order valence-corrected chi connectivity index (χ0v) is 12.0. The molecule has 3 nitrogen and oxygen atoms in total. The first kappa shape index (κ1) is 12.8. The van der Waals surface area contributed by atoms with Gasteiger partial charge in [0, 0.05) is 16.4 Å². The highest BCUT2D eigenvalue weighted by molar-refractivity contribution is 14.1. The molecule has 2 rings (SSSR count). The molecule has 0 aliphatic heterocycles. The third kappa shape index (κ3) is 3.19. The van der Waals surface area contributed by atoms with Gasteiger partial charge in [-0.3, -0.25) is 4.79 Å². The molecule has 0 radical (unpaired) electrons. The van der Waals surface area contributed by atoms with Gasteiger partial charge in [-0.05, 0) is 66.1 Å². The van der Waals surface area contributed by atoms with Crippen LogP contribution in [-0.2, 0) is 9.53 Å². The average molecular weight is 345 g/mol. The predicted octanol–water partition coefficient (Wildman–Crippen LogP) is 3.19. The first-order valence-corrected chi connectivity index (χ1v) is 6.82. The molecule has 0 aromatic heterocycles. The molecular formula is C13H16INO2. The minimum absolute atomic E-state index is 0.0350. The van der Waals surface area contributed by atoms with E-state index in [4.69, 9.17) is 4.74 Å². The van der Waals surface area contributed by atoms with E-state index in [0.717, 1.165) is 28.5 Å². The Morgan fingerprint density at radius 1 is 1.41 bits per heavy atom. The number of hydrogen-bond donors (Lipinski definition) is 1. The molecule has 1 saturated carbocycles. The van der Waals surface area contributed by atoms with E-state index in [1.807, 2.05) is 24.3 Å². The Hall–Kier alpha value is -0.620. The maximum absolute atomic E-state index is 11.9. The van der Waals surface area contributed by atoms with E-state index in [-0.39, 0.29) is 11.5 Å². The molecule has 1 N–H and O–H groups in total. The Kier molecular flexibility index (Phi) is 4.04. The summed E-state index contributed by atoms with van der Waals surface area (Å²) in [6.07, 6.45) is 3.59. The van der Waals surface area contributed by atoms with Gasteiger partial charge in [0.05, 0.1) is 12.0 Å². The predicted molar refractivity (Wildman–Crippen MR) is 76.0 cm³/mol. The van der Waals surface area contributed by atoms with Crippen LogP contribution in [0.15, 0.2) is 24.3 Å². The zero-order chi connectivity index (χ0) is 12.3. The molecular weight excluding hydrogens is 329 g/mol. The van der Waals surface area contributed by atoms with Gasteiger partial charge in [-0.25, -0.2) is 0 Å². The molecule has 0 heterocycles. The molecule has 1 fully saturated rings. The lowest BCUT2D eigenvalue weighted by Crippen LogP contribution is -2.42. The summed E-state index contributed by atoms with van der Waals surface area (Å²) >= 11 is 2.24. The van der Waals surface area contributed by atoms with Crippen molar-refractivity contribution in [3.05, 3.63) is 27.8 Å². The summed E-state index contributed by atoms with van der Waals surface area (Å²) in [5.41, 5.74) is 0.647. The second-order valence-corrected chi connectivity index (χ2v) is 5.72. The van der Waals surface area contributed by atoms with Crippen molar-refractivity contribution in [3.8, 4) is 0 Å². The van der Waals surface area contributed by atoms with E-state index in [1.54, 1.807) is 7.11 Å². The average Bonchev–Trinajstić information content (AvgIpc) is 2.27. The highest BCUT2D eigenvalue weighted by atomic mass is 127. The molecule has 0 spiro atoms. The molecule has 0 unspecified atom stereocenters. The minimum atomic E-state index is -0.201. The lowest BCUT2D eigenvalue weighted by Gasteiger charge is -2.39. The number of halogens is 1. The van der Waals surface area contributed by atoms with Crippen LogP contribution in [0.1, 0.15) is 25.7 Å². The van der Waals surface area contributed by atoms with Crippen molar-refractivity contribution in [2.45, 2.75) is 31.3 Å². The Bertz CT molecular complexity index is 393. The van der Waals surface area contributed by atoms with Crippen molar-refractivity contribution >= 4 is 34.2 Å². The zero-order valence-electron chi connectivity index (χ0n) is 9.83. The molecule has 1 aromatic carbocycles. The highest BCUT2D eigenvalue weighted by Gasteiger charge is 2.38. The third-order valence-corrected chi connectivity index (χ3v) is 4.03. The largest absolute Gasteiger partial charge is 0.378 e. The van der Waals surface area contributed by atoms with Crippen molar-refractivity contribution in [1.82, 2.24) is 0 Å². The fourth-order valence-electron chi connectivity index (χ4n) is 2.06. The van der Waals surface area contributed by atoms with Crippen molar-refractivity contribution in [1.29, 1.82) is 0 Å². The molecule has 0 bridgehead atoms. The Balaban J connectivity index is 1.91. The maximum atomic E-state index is 11.9. The fraction of sp³-hybridized carbons (Fsp3) is 0.462. The van der Waals surface area contributed by atoms with E-state index >= 15 is 0 Å². The fourth-order valence-corrected chi connectivity index (χ4v) is 2.41. The van der Waals surface area contributed by atoms with Gasteiger partial charge in [-0.2, -0.15) is 0 Å². The lowest BCUT2D eigenvalue weighted by atomic mass is 9.77. The molecule has 4 heteroatoms. The Morgan fingerprint density at radius 2 is 2.06 bits per heavy atom. The van der Waals surface area contributed by atoms with Gasteiger partial charge in [0.15, 0.2) is 0 Å². The van der Waals surface area contributed by atoms with Gasteiger partial charge < -0.3 is 10.1 Å². The van der Waals surface area contributed by atoms with Crippen molar-refractivity contribution in [2.24, 2.45) is 0 Å². The number of rotatable bonds is 4. The SMILES string of the molecule is COC1(CC(=O)Nc2ccc(I)cc2)CCC1. The van der Waals surface area contributed by atoms with Crippen LogP contribution in [0.2, 0.25) is 0 Å². The first-order valence-electron chi connectivity index (χ1n) is 5.74. The minimum Gasteiger partial charge on any atom is -0.378 e. The van der Waals surface area contributed by atoms with Gasteiger partial charge in [-0.1, -0.05) is 0 Å². The third-order valence-electron chi connectivity index (χ3n) is 3.31. The molecule has 1 aliphatic carbocycles. The van der Waals surface area contributed by atoms with Gasteiger partial charge in [-0.15, -0.1) is 0 Å². The second-order valence-electron chi connectivity index (χ2n) is 4.47. The number of benzene rings is 1. The van der Waals surface area contributed by atoms with Crippen LogP contribution in [0.4, 0.5) is 5.69 Å². The van der Waals surface area contributed by atoms with Gasteiger partial charge in [0.1, 0.15) is 0 Å². The van der Waals surface area contributed by atoms with E-state index in [9.17, 15) is 4.79 Å². The number of carbonyl (C=O) groups excluding carboxylic acids is 1. The van der Waals surface area contributed by atoms with Gasteiger partial charge in [0.25, 0.3) is 0 Å². The van der Waals surface area contributed by atoms with Crippen LogP contribution in [0.25, 0.3) is 0 Å². The first-order chi connectivity index (χ1) is 8.13. The van der Waals surface area contributed by atoms with Crippen molar-refractivity contribution < 1.29 is 9.53 Å². The van der Waals surface area contributed by atoms with Gasteiger partial charge >= 0.3 is 0 Å². The smallest absolute Gasteiger partial charge is 0.227 e. The number of methoxy groups -OCH3 is 1. The summed E-state index contributed by atoms with van der Waals surface area (Å²) < 4.78 is 6.60. The molecule has 1 aliphatic rings. The Labute approximate surface area is 115 Å². The summed E-state index contributed by atoms with van der Waals surface area (Å²) in [7, 11) is 1.69. The molecule has 1 aromatic rings. The summed E-state index contributed by atoms with van der Waals surface area (Å²) in [5, 5.41) is 2.91. The Morgan fingerprint density at radius 3 is 2.53 bits per heavy atom. The van der Waals surface area contributed by atoms with Crippen LogP contribution >= 0.6 is 22.6 Å². The van der Waals surface area contributed by atoms with E-state index in [0.29, 0.717) is 6.42 Å². The summed E-state index contributed by atoms with van der Waals surface area (Å²) in [5.74, 6) is 0.0350. The quantitative estimate of drug-likeness (QED) is 0.852. The van der Waals surface area contributed by atoms with Crippen LogP contribution in [0.3, 0.4) is 0 Å². The van der Waals surface area contributed by atoms with Crippen LogP contribution < -0.4 is 5.32 Å². The topological polar surface area (TPSA) is 38.3 Å². The molecule has 92 valence electrons. The van der Waals surface area contributed by atoms with Gasteiger partial charge in [0.2, 0.25) is 5.91 Å². The number of anilines is 1. The van der Waals surface area contributed by atoms with E-state index < -0.39 is 0 Å². The summed E-state index contributed by atoms with van der Waals surface area (Å²) in [6.45, 7) is 0. The molecule has 0 saturated heterocycles. The van der Waals surface area contributed by atoms with Crippen LogP contribution in [-0.4, -0.2) is 18.6 Å². The molecule has 1 amide bonds. The van der Waals surface area contributed by atoms with Crippen molar-refractivity contribution in [2.75, 3.05) is 12.4 Å². The number of ether oxygens (including phenoxy) is 1. The van der Waals surface area contributed by atoms with Crippen LogP contribution in [0, 0.1) is 3.57 Å². The van der Waals surface area contributed by atoms with Crippen LogP contribution in [0.5, 0.6) is 0 Å². The monoisotopic (exact) mass is 345 g/mol. The molecule has 17 heavy (non-hydrogen) atoms. The molecule has 0 atom stereocenters. The number of hydrogen-bond acceptors (Lipinski definition) is 2. The number of nitrogens with one attached hydrogen (secondary N) is 1. The lowest BCUT2D eigenvalue weighted by molar-refractivity contribution is -0.129. The number of amides is 1. The summed E-state index contributed by atoms with van der Waals surface area (Å²) in [4.78, 5) is 11.9. The highest BCUT2D eigenvalue weighted by Crippen LogP contribution is 2.38. The van der Waals surface area contributed by atoms with E-state index in [1.165, 1.54) is 0 Å². The summed E-state index contributed by atoms with van der Waals surface area (Å²) in [6, 6.07) is 7.79. The number of carbonyl (C=O) groups is 1. The maximum Gasteiger partial charge on any atom is 0.227 e. The second kappa shape index (κ2) is 5.35. The normalized spacial score (nSPS) is 17.3.